The van der Waals surface area contributed by atoms with E-state index in [9.17, 15) is 4.79 Å². The van der Waals surface area contributed by atoms with Crippen molar-refractivity contribution in [3.05, 3.63) is 42.4 Å². The molecule has 0 atom stereocenters. The number of aromatic nitrogens is 6. The normalized spacial score (nSPS) is 13.6. The zero-order valence-electron chi connectivity index (χ0n) is 15.8. The average molecular weight is 379 g/mol. The zero-order valence-corrected chi connectivity index (χ0v) is 15.8. The first-order valence-corrected chi connectivity index (χ1v) is 9.06. The molecule has 144 valence electrons. The quantitative estimate of drug-likeness (QED) is 0.709. The summed E-state index contributed by atoms with van der Waals surface area (Å²) in [7, 11) is 3.79. The van der Waals surface area contributed by atoms with E-state index < -0.39 is 0 Å². The third-order valence-corrected chi connectivity index (χ3v) is 4.54. The van der Waals surface area contributed by atoms with E-state index in [4.69, 9.17) is 0 Å². The number of hydrogen-bond donors (Lipinski definition) is 1. The lowest BCUT2D eigenvalue weighted by atomic mass is 10.2. The lowest BCUT2D eigenvalue weighted by Gasteiger charge is -2.21. The summed E-state index contributed by atoms with van der Waals surface area (Å²) in [5.41, 5.74) is 1.75. The molecule has 0 spiro atoms. The van der Waals surface area contributed by atoms with Gasteiger partial charge in [0.05, 0.1) is 11.9 Å². The number of carbonyl (C=O) groups excluding carboxylic acids is 1. The largest absolute Gasteiger partial charge is 0.361 e. The van der Waals surface area contributed by atoms with Gasteiger partial charge < -0.3 is 15.1 Å². The molecule has 4 rings (SSSR count). The Labute approximate surface area is 162 Å². The van der Waals surface area contributed by atoms with Gasteiger partial charge in [-0.15, -0.1) is 5.10 Å². The molecule has 1 aromatic carbocycles. The van der Waals surface area contributed by atoms with Crippen LogP contribution in [0.2, 0.25) is 0 Å². The highest BCUT2D eigenvalue weighted by Crippen LogP contribution is 2.26. The van der Waals surface area contributed by atoms with Crippen molar-refractivity contribution in [2.45, 2.75) is 12.8 Å². The SMILES string of the molecule is CN(C)c1nc(N2CCCC2)ncc1NC(=O)c1cccc(-n2cnnn2)c1. The molecular formula is C18H21N9O. The van der Waals surface area contributed by atoms with Crippen molar-refractivity contribution in [2.75, 3.05) is 42.3 Å². The van der Waals surface area contributed by atoms with E-state index in [2.05, 4.69) is 35.7 Å². The number of benzene rings is 1. The average Bonchev–Trinajstić information content (AvgIpc) is 3.42. The monoisotopic (exact) mass is 379 g/mol. The van der Waals surface area contributed by atoms with Crippen LogP contribution in [0.1, 0.15) is 23.2 Å². The lowest BCUT2D eigenvalue weighted by molar-refractivity contribution is 0.102. The van der Waals surface area contributed by atoms with Crippen LogP contribution in [0.25, 0.3) is 5.69 Å². The predicted molar refractivity (Wildman–Crippen MR) is 105 cm³/mol. The maximum absolute atomic E-state index is 12.8. The summed E-state index contributed by atoms with van der Waals surface area (Å²) >= 11 is 0. The molecule has 3 aromatic rings. The van der Waals surface area contributed by atoms with Gasteiger partial charge >= 0.3 is 0 Å². The first-order chi connectivity index (χ1) is 13.6. The van der Waals surface area contributed by atoms with Crippen LogP contribution in [0.15, 0.2) is 36.8 Å². The van der Waals surface area contributed by atoms with E-state index in [0.29, 0.717) is 28.7 Å². The number of hydrogen-bond acceptors (Lipinski definition) is 8. The Balaban J connectivity index is 1.58. The van der Waals surface area contributed by atoms with Gasteiger partial charge in [-0.2, -0.15) is 4.98 Å². The molecule has 0 radical (unpaired) electrons. The predicted octanol–water partition coefficient (Wildman–Crippen LogP) is 1.37. The van der Waals surface area contributed by atoms with Crippen molar-refractivity contribution in [3.8, 4) is 5.69 Å². The van der Waals surface area contributed by atoms with Gasteiger partial charge in [0.25, 0.3) is 5.91 Å². The van der Waals surface area contributed by atoms with Gasteiger partial charge in [-0.3, -0.25) is 4.79 Å². The second-order valence-corrected chi connectivity index (χ2v) is 6.75. The second-order valence-electron chi connectivity index (χ2n) is 6.75. The van der Waals surface area contributed by atoms with E-state index in [0.717, 1.165) is 25.9 Å². The van der Waals surface area contributed by atoms with Gasteiger partial charge in [-0.05, 0) is 41.5 Å². The van der Waals surface area contributed by atoms with Gasteiger partial charge in [-0.25, -0.2) is 9.67 Å². The van der Waals surface area contributed by atoms with E-state index in [1.165, 1.54) is 11.0 Å². The smallest absolute Gasteiger partial charge is 0.255 e. The number of amides is 1. The first kappa shape index (κ1) is 17.8. The molecule has 2 aromatic heterocycles. The van der Waals surface area contributed by atoms with Gasteiger partial charge in [0, 0.05) is 32.7 Å². The third kappa shape index (κ3) is 3.61. The van der Waals surface area contributed by atoms with E-state index in [1.54, 1.807) is 24.4 Å². The van der Waals surface area contributed by atoms with Crippen molar-refractivity contribution in [2.24, 2.45) is 0 Å². The maximum atomic E-state index is 12.8. The summed E-state index contributed by atoms with van der Waals surface area (Å²) in [5.74, 6) is 1.11. The van der Waals surface area contributed by atoms with Gasteiger partial charge in [0.1, 0.15) is 12.0 Å². The highest BCUT2D eigenvalue weighted by molar-refractivity contribution is 6.05. The number of rotatable bonds is 5. The maximum Gasteiger partial charge on any atom is 0.255 e. The van der Waals surface area contributed by atoms with Crippen LogP contribution in [0.3, 0.4) is 0 Å². The van der Waals surface area contributed by atoms with Crippen LogP contribution >= 0.6 is 0 Å². The van der Waals surface area contributed by atoms with Crippen LogP contribution < -0.4 is 15.1 Å². The molecule has 10 nitrogen and oxygen atoms in total. The van der Waals surface area contributed by atoms with Crippen LogP contribution in [0, 0.1) is 0 Å². The Kier molecular flexibility index (Phi) is 4.83. The standard InChI is InChI=1S/C18H21N9O/c1-25(2)16-15(11-19-18(22-16)26-8-3-4-9-26)21-17(28)13-6-5-7-14(10-13)27-12-20-23-24-27/h5-7,10-12H,3-4,8-9H2,1-2H3,(H,21,28). The zero-order chi connectivity index (χ0) is 19.5. The molecule has 0 bridgehead atoms. The third-order valence-electron chi connectivity index (χ3n) is 4.54. The molecule has 1 amide bonds. The molecule has 1 N–H and O–H groups in total. The Hall–Kier alpha value is -3.56. The van der Waals surface area contributed by atoms with Gasteiger partial charge in [0.2, 0.25) is 5.95 Å². The molecule has 0 saturated carbocycles. The molecule has 0 unspecified atom stereocenters. The van der Waals surface area contributed by atoms with Crippen LogP contribution in [-0.2, 0) is 0 Å². The molecule has 1 aliphatic heterocycles. The molecule has 1 saturated heterocycles. The van der Waals surface area contributed by atoms with Crippen molar-refractivity contribution < 1.29 is 4.79 Å². The van der Waals surface area contributed by atoms with Crippen molar-refractivity contribution in [1.29, 1.82) is 0 Å². The molecule has 3 heterocycles. The summed E-state index contributed by atoms with van der Waals surface area (Å²) < 4.78 is 1.50. The van der Waals surface area contributed by atoms with E-state index in [-0.39, 0.29) is 5.91 Å². The van der Waals surface area contributed by atoms with Gasteiger partial charge in [0.15, 0.2) is 5.82 Å². The van der Waals surface area contributed by atoms with Crippen LogP contribution in [0.5, 0.6) is 0 Å². The minimum absolute atomic E-state index is 0.254. The van der Waals surface area contributed by atoms with Crippen LogP contribution in [-0.4, -0.2) is 63.3 Å². The Morgan fingerprint density at radius 1 is 1.21 bits per heavy atom. The Morgan fingerprint density at radius 3 is 2.75 bits per heavy atom. The number of tetrazole rings is 1. The highest BCUT2D eigenvalue weighted by atomic mass is 16.1. The first-order valence-electron chi connectivity index (χ1n) is 9.06. The fourth-order valence-corrected chi connectivity index (χ4v) is 3.13. The van der Waals surface area contributed by atoms with E-state index >= 15 is 0 Å². The topological polar surface area (TPSA) is 105 Å². The lowest BCUT2D eigenvalue weighted by Crippen LogP contribution is -2.23. The summed E-state index contributed by atoms with van der Waals surface area (Å²) in [6, 6.07) is 7.07. The fourth-order valence-electron chi connectivity index (χ4n) is 3.13. The fraction of sp³-hybridized carbons (Fsp3) is 0.333. The summed E-state index contributed by atoms with van der Waals surface area (Å²) in [4.78, 5) is 25.9. The van der Waals surface area contributed by atoms with Crippen molar-refractivity contribution in [3.63, 3.8) is 0 Å². The van der Waals surface area contributed by atoms with Crippen molar-refractivity contribution >= 4 is 23.4 Å². The number of carbonyl (C=O) groups is 1. The van der Waals surface area contributed by atoms with E-state index in [1.807, 2.05) is 25.1 Å². The summed E-state index contributed by atoms with van der Waals surface area (Å²) in [6.45, 7) is 1.92. The summed E-state index contributed by atoms with van der Waals surface area (Å²) in [6.07, 6.45) is 5.44. The number of nitrogens with zero attached hydrogens (tertiary/aromatic N) is 8. The molecule has 1 aliphatic rings. The van der Waals surface area contributed by atoms with Crippen molar-refractivity contribution in [1.82, 2.24) is 30.2 Å². The summed E-state index contributed by atoms with van der Waals surface area (Å²) in [5, 5.41) is 14.0. The number of anilines is 3. The minimum atomic E-state index is -0.254. The molecule has 28 heavy (non-hydrogen) atoms. The minimum Gasteiger partial charge on any atom is -0.361 e. The number of nitrogens with one attached hydrogen (secondary N) is 1. The molecule has 10 heteroatoms. The van der Waals surface area contributed by atoms with Gasteiger partial charge in [-0.1, -0.05) is 6.07 Å². The Morgan fingerprint density at radius 2 is 2.04 bits per heavy atom. The molecule has 1 fully saturated rings. The molecular weight excluding hydrogens is 358 g/mol. The van der Waals surface area contributed by atoms with Crippen LogP contribution in [0.4, 0.5) is 17.5 Å². The highest BCUT2D eigenvalue weighted by Gasteiger charge is 2.19. The molecule has 0 aliphatic carbocycles. The Bertz CT molecular complexity index is 965. The second kappa shape index (κ2) is 7.59.